The molecule has 0 bridgehead atoms. The number of carbonyl (C=O) groups is 1. The van der Waals surface area contributed by atoms with Crippen molar-refractivity contribution in [3.63, 3.8) is 0 Å². The van der Waals surface area contributed by atoms with Crippen LogP contribution in [0.2, 0.25) is 0 Å². The fourth-order valence-corrected chi connectivity index (χ4v) is 4.86. The Bertz CT molecular complexity index is 1280. The first-order chi connectivity index (χ1) is 14.4. The highest BCUT2D eigenvalue weighted by atomic mass is 79.9. The van der Waals surface area contributed by atoms with E-state index in [2.05, 4.69) is 45.8 Å². The van der Waals surface area contributed by atoms with Crippen LogP contribution in [0.3, 0.4) is 0 Å². The van der Waals surface area contributed by atoms with Gasteiger partial charge < -0.3 is 9.47 Å². The summed E-state index contributed by atoms with van der Waals surface area (Å²) < 4.78 is 13.5. The third kappa shape index (κ3) is 3.59. The molecule has 1 aliphatic rings. The van der Waals surface area contributed by atoms with Gasteiger partial charge in [0.05, 0.1) is 23.4 Å². The fraction of sp³-hybridized carbons (Fsp3) is 0.273. The van der Waals surface area contributed by atoms with Crippen molar-refractivity contribution in [3.05, 3.63) is 58.0 Å². The molecule has 3 aromatic heterocycles. The molecule has 0 spiro atoms. The monoisotopic (exact) mass is 483 g/mol. The zero-order valence-corrected chi connectivity index (χ0v) is 18.8. The molecule has 4 heterocycles. The highest BCUT2D eigenvalue weighted by Crippen LogP contribution is 2.38. The van der Waals surface area contributed by atoms with Gasteiger partial charge >= 0.3 is 0 Å². The number of thiophene rings is 1. The Morgan fingerprint density at radius 2 is 2.07 bits per heavy atom. The number of benzene rings is 1. The fourth-order valence-electron chi connectivity index (χ4n) is 3.52. The van der Waals surface area contributed by atoms with Gasteiger partial charge in [0.25, 0.3) is 0 Å². The molecule has 0 N–H and O–H groups in total. The topological polar surface area (TPSA) is 74.2 Å². The van der Waals surface area contributed by atoms with Crippen LogP contribution in [0.4, 0.5) is 0 Å². The molecular formula is C22H18BrN3O3S. The zero-order valence-electron chi connectivity index (χ0n) is 16.4. The molecule has 6 nitrogen and oxygen atoms in total. The number of rotatable bonds is 4. The van der Waals surface area contributed by atoms with Crippen molar-refractivity contribution in [1.29, 1.82) is 0 Å². The van der Waals surface area contributed by atoms with Crippen molar-refractivity contribution in [1.82, 2.24) is 15.0 Å². The van der Waals surface area contributed by atoms with Crippen LogP contribution in [0.1, 0.15) is 35.5 Å². The molecule has 5 rings (SSSR count). The van der Waals surface area contributed by atoms with E-state index in [1.165, 1.54) is 17.7 Å². The van der Waals surface area contributed by atoms with Gasteiger partial charge in [-0.3, -0.25) is 4.79 Å². The van der Waals surface area contributed by atoms with Crippen LogP contribution < -0.4 is 4.74 Å². The lowest BCUT2D eigenvalue weighted by molar-refractivity contribution is -0.0411. The zero-order chi connectivity index (χ0) is 20.9. The number of pyridine rings is 1. The van der Waals surface area contributed by atoms with E-state index >= 15 is 0 Å². The number of hydrogen-bond donors (Lipinski definition) is 0. The Balaban J connectivity index is 1.47. The molecule has 0 fully saturated rings. The molecule has 1 aromatic carbocycles. The van der Waals surface area contributed by atoms with Crippen LogP contribution in [0.15, 0.2) is 41.1 Å². The molecule has 0 saturated carbocycles. The largest absolute Gasteiger partial charge is 0.468 e. The minimum absolute atomic E-state index is 0.0893. The summed E-state index contributed by atoms with van der Waals surface area (Å²) in [6, 6.07) is 9.31. The average Bonchev–Trinajstić information content (AvgIpc) is 3.08. The molecule has 4 aromatic rings. The Morgan fingerprint density at radius 3 is 2.87 bits per heavy atom. The van der Waals surface area contributed by atoms with Crippen molar-refractivity contribution in [2.75, 3.05) is 6.61 Å². The first-order valence-electron chi connectivity index (χ1n) is 9.51. The number of hydrogen-bond acceptors (Lipinski definition) is 7. The van der Waals surface area contributed by atoms with Gasteiger partial charge in [-0.05, 0) is 32.0 Å². The first kappa shape index (κ1) is 19.5. The maximum atomic E-state index is 12.5. The highest BCUT2D eigenvalue weighted by Gasteiger charge is 2.28. The number of halogens is 1. The standard InChI is InChI=1S/C22H18BrN3O3S/c1-22(2)8-16-13(9-29-22)7-15-18-19(30-21(15)26-16)20(25-11-24-18)28-10-17(27)12-3-5-14(23)6-4-12/h3-7,11H,8-10H2,1-2H3. The van der Waals surface area contributed by atoms with Gasteiger partial charge in [-0.15, -0.1) is 11.3 Å². The predicted molar refractivity (Wildman–Crippen MR) is 119 cm³/mol. The number of nitrogens with zero attached hydrogens (tertiary/aromatic N) is 3. The number of Topliss-reactive ketones (excluding diaryl/α,β-unsaturated/α-hetero) is 1. The maximum Gasteiger partial charge on any atom is 0.235 e. The summed E-state index contributed by atoms with van der Waals surface area (Å²) in [4.78, 5) is 27.0. The van der Waals surface area contributed by atoms with Gasteiger partial charge in [0.1, 0.15) is 15.9 Å². The molecule has 0 unspecified atom stereocenters. The normalized spacial score (nSPS) is 15.3. The van der Waals surface area contributed by atoms with E-state index in [0.29, 0.717) is 18.1 Å². The smallest absolute Gasteiger partial charge is 0.235 e. The van der Waals surface area contributed by atoms with Crippen LogP contribution >= 0.6 is 27.3 Å². The Labute approximate surface area is 185 Å². The minimum atomic E-state index is -0.216. The Morgan fingerprint density at radius 1 is 1.27 bits per heavy atom. The molecule has 0 saturated heterocycles. The first-order valence-corrected chi connectivity index (χ1v) is 11.1. The number of ether oxygens (including phenoxy) is 2. The van der Waals surface area contributed by atoms with Crippen LogP contribution in [0, 0.1) is 0 Å². The van der Waals surface area contributed by atoms with Gasteiger partial charge in [0.2, 0.25) is 5.88 Å². The summed E-state index contributed by atoms with van der Waals surface area (Å²) in [6.07, 6.45) is 2.23. The van der Waals surface area contributed by atoms with Gasteiger partial charge in [-0.1, -0.05) is 28.1 Å². The van der Waals surface area contributed by atoms with E-state index in [0.717, 1.165) is 42.6 Å². The molecule has 0 radical (unpaired) electrons. The minimum Gasteiger partial charge on any atom is -0.468 e. The van der Waals surface area contributed by atoms with Crippen LogP contribution in [-0.4, -0.2) is 32.9 Å². The van der Waals surface area contributed by atoms with Crippen molar-refractivity contribution in [2.45, 2.75) is 32.5 Å². The molecule has 0 atom stereocenters. The van der Waals surface area contributed by atoms with Gasteiger partial charge in [-0.25, -0.2) is 15.0 Å². The molecular weight excluding hydrogens is 466 g/mol. The van der Waals surface area contributed by atoms with Crippen LogP contribution in [-0.2, 0) is 17.8 Å². The third-order valence-electron chi connectivity index (χ3n) is 5.10. The highest BCUT2D eigenvalue weighted by molar-refractivity contribution is 9.10. The van der Waals surface area contributed by atoms with E-state index in [-0.39, 0.29) is 18.0 Å². The molecule has 30 heavy (non-hydrogen) atoms. The summed E-state index contributed by atoms with van der Waals surface area (Å²) in [5.41, 5.74) is 3.32. The van der Waals surface area contributed by atoms with E-state index in [9.17, 15) is 4.79 Å². The van der Waals surface area contributed by atoms with Crippen molar-refractivity contribution in [2.24, 2.45) is 0 Å². The molecule has 8 heteroatoms. The van der Waals surface area contributed by atoms with Crippen molar-refractivity contribution in [3.8, 4) is 5.88 Å². The van der Waals surface area contributed by atoms with E-state index in [1.54, 1.807) is 12.1 Å². The summed E-state index contributed by atoms with van der Waals surface area (Å²) in [6.45, 7) is 4.60. The number of ketones is 1. The van der Waals surface area contributed by atoms with E-state index in [1.807, 2.05) is 12.1 Å². The van der Waals surface area contributed by atoms with Gasteiger partial charge in [0.15, 0.2) is 12.4 Å². The molecule has 0 amide bonds. The summed E-state index contributed by atoms with van der Waals surface area (Å²) in [5, 5.41) is 0.962. The average molecular weight is 484 g/mol. The third-order valence-corrected chi connectivity index (χ3v) is 6.70. The summed E-state index contributed by atoms with van der Waals surface area (Å²) >= 11 is 4.86. The lowest BCUT2D eigenvalue weighted by Crippen LogP contribution is -2.32. The second-order valence-electron chi connectivity index (χ2n) is 7.85. The molecule has 0 aliphatic carbocycles. The van der Waals surface area contributed by atoms with Gasteiger partial charge in [-0.2, -0.15) is 0 Å². The lowest BCUT2D eigenvalue weighted by atomic mass is 9.95. The number of aromatic nitrogens is 3. The lowest BCUT2D eigenvalue weighted by Gasteiger charge is -2.30. The van der Waals surface area contributed by atoms with Crippen molar-refractivity contribution >= 4 is 53.5 Å². The molecule has 1 aliphatic heterocycles. The number of fused-ring (bicyclic) bond motifs is 4. The van der Waals surface area contributed by atoms with Gasteiger partial charge in [0, 0.05) is 27.4 Å². The number of carbonyl (C=O) groups excluding carboxylic acids is 1. The Kier molecular flexibility index (Phi) is 4.80. The second-order valence-corrected chi connectivity index (χ2v) is 9.76. The summed E-state index contributed by atoms with van der Waals surface area (Å²) in [5.74, 6) is 0.298. The second kappa shape index (κ2) is 7.37. The summed E-state index contributed by atoms with van der Waals surface area (Å²) in [7, 11) is 0. The Hall–Kier alpha value is -2.42. The van der Waals surface area contributed by atoms with Crippen LogP contribution in [0.5, 0.6) is 5.88 Å². The van der Waals surface area contributed by atoms with E-state index < -0.39 is 0 Å². The SMILES string of the molecule is CC1(C)Cc2nc3sc4c(OCC(=O)c5ccc(Br)cc5)ncnc4c3cc2CO1. The maximum absolute atomic E-state index is 12.5. The van der Waals surface area contributed by atoms with Crippen LogP contribution in [0.25, 0.3) is 20.4 Å². The van der Waals surface area contributed by atoms with E-state index in [4.69, 9.17) is 14.5 Å². The quantitative estimate of drug-likeness (QED) is 0.375. The van der Waals surface area contributed by atoms with Crippen molar-refractivity contribution < 1.29 is 14.3 Å². The molecule has 152 valence electrons. The predicted octanol–water partition coefficient (Wildman–Crippen LogP) is 5.12.